The van der Waals surface area contributed by atoms with Crippen LogP contribution >= 0.6 is 15.9 Å². The van der Waals surface area contributed by atoms with Gasteiger partial charge >= 0.3 is 0 Å². The van der Waals surface area contributed by atoms with E-state index in [0.29, 0.717) is 16.0 Å². The van der Waals surface area contributed by atoms with Gasteiger partial charge in [-0.15, -0.1) is 0 Å². The van der Waals surface area contributed by atoms with Crippen LogP contribution in [0.15, 0.2) is 46.9 Å². The van der Waals surface area contributed by atoms with Crippen molar-refractivity contribution in [2.75, 3.05) is 12.4 Å². The van der Waals surface area contributed by atoms with Crippen LogP contribution in [0.25, 0.3) is 0 Å². The molecule has 0 aliphatic rings. The predicted molar refractivity (Wildman–Crippen MR) is 85.8 cm³/mol. The zero-order chi connectivity index (χ0) is 16.1. The first-order valence-electron chi connectivity index (χ1n) is 6.56. The number of carbonyl (C=O) groups excluding carboxylic acids is 1. The summed E-state index contributed by atoms with van der Waals surface area (Å²) in [5.74, 6) is 0.169. The van der Waals surface area contributed by atoms with Gasteiger partial charge in [0.15, 0.2) is 6.10 Å². The summed E-state index contributed by atoms with van der Waals surface area (Å²) < 4.78 is 24.9. The van der Waals surface area contributed by atoms with Gasteiger partial charge in [-0.05, 0) is 37.3 Å². The summed E-state index contributed by atoms with van der Waals surface area (Å²) in [7, 11) is 1.55. The quantitative estimate of drug-likeness (QED) is 0.868. The first-order valence-corrected chi connectivity index (χ1v) is 7.35. The number of ether oxygens (including phenoxy) is 2. The molecule has 0 aromatic heterocycles. The summed E-state index contributed by atoms with van der Waals surface area (Å²) in [5.41, 5.74) is 0.106. The summed E-state index contributed by atoms with van der Waals surface area (Å²) >= 11 is 3.16. The second-order valence-corrected chi connectivity index (χ2v) is 5.47. The van der Waals surface area contributed by atoms with Crippen molar-refractivity contribution in [1.29, 1.82) is 0 Å². The van der Waals surface area contributed by atoms with Crippen LogP contribution in [0, 0.1) is 5.82 Å². The van der Waals surface area contributed by atoms with Crippen molar-refractivity contribution < 1.29 is 18.7 Å². The number of benzene rings is 2. The molecule has 0 bridgehead atoms. The number of halogens is 2. The van der Waals surface area contributed by atoms with E-state index >= 15 is 0 Å². The minimum atomic E-state index is -0.782. The van der Waals surface area contributed by atoms with Crippen molar-refractivity contribution in [3.63, 3.8) is 0 Å². The molecule has 0 heterocycles. The third-order valence-corrected chi connectivity index (χ3v) is 3.41. The van der Waals surface area contributed by atoms with Crippen LogP contribution in [-0.2, 0) is 4.79 Å². The molecule has 6 heteroatoms. The number of anilines is 1. The Morgan fingerprint density at radius 3 is 2.64 bits per heavy atom. The number of rotatable bonds is 5. The lowest BCUT2D eigenvalue weighted by Gasteiger charge is -2.15. The molecule has 0 saturated carbocycles. The van der Waals surface area contributed by atoms with Gasteiger partial charge in [-0.1, -0.05) is 22.0 Å². The van der Waals surface area contributed by atoms with Gasteiger partial charge in [-0.3, -0.25) is 4.79 Å². The minimum Gasteiger partial charge on any atom is -0.497 e. The molecule has 2 aromatic rings. The fourth-order valence-corrected chi connectivity index (χ4v) is 2.09. The number of hydrogen-bond donors (Lipinski definition) is 1. The van der Waals surface area contributed by atoms with E-state index in [0.717, 1.165) is 0 Å². The average Bonchev–Trinajstić information content (AvgIpc) is 2.50. The van der Waals surface area contributed by atoms with Crippen LogP contribution in [0.3, 0.4) is 0 Å². The highest BCUT2D eigenvalue weighted by atomic mass is 79.9. The summed E-state index contributed by atoms with van der Waals surface area (Å²) in [6.07, 6.45) is -0.782. The number of carbonyl (C=O) groups is 1. The Balaban J connectivity index is 2.02. The summed E-state index contributed by atoms with van der Waals surface area (Å²) in [4.78, 5) is 12.1. The highest BCUT2D eigenvalue weighted by Crippen LogP contribution is 2.22. The number of nitrogens with one attached hydrogen (secondary N) is 1. The molecule has 1 amide bonds. The molecule has 0 aliphatic heterocycles. The van der Waals surface area contributed by atoms with Crippen LogP contribution in [0.2, 0.25) is 0 Å². The van der Waals surface area contributed by atoms with Gasteiger partial charge in [-0.25, -0.2) is 4.39 Å². The normalized spacial score (nSPS) is 11.6. The molecule has 2 rings (SSSR count). The van der Waals surface area contributed by atoms with Gasteiger partial charge in [0.2, 0.25) is 0 Å². The Labute approximate surface area is 136 Å². The first-order chi connectivity index (χ1) is 10.5. The highest BCUT2D eigenvalue weighted by molar-refractivity contribution is 9.10. The Hall–Kier alpha value is -2.08. The van der Waals surface area contributed by atoms with Crippen LogP contribution in [0.5, 0.6) is 11.5 Å². The van der Waals surface area contributed by atoms with Crippen LogP contribution in [-0.4, -0.2) is 19.1 Å². The molecule has 116 valence electrons. The van der Waals surface area contributed by atoms with Crippen molar-refractivity contribution in [3.8, 4) is 11.5 Å². The largest absolute Gasteiger partial charge is 0.497 e. The highest BCUT2D eigenvalue weighted by Gasteiger charge is 2.16. The van der Waals surface area contributed by atoms with Gasteiger partial charge < -0.3 is 14.8 Å². The first kappa shape index (κ1) is 16.3. The lowest BCUT2D eigenvalue weighted by Crippen LogP contribution is -2.30. The van der Waals surface area contributed by atoms with Crippen LogP contribution in [0.1, 0.15) is 6.92 Å². The standard InChI is InChI=1S/C16H15BrFNO3/c1-10(22-13-5-3-4-12(9-13)21-2)16(20)19-15-7-6-11(17)8-14(15)18/h3-10H,1-2H3,(H,19,20)/t10-/m1/s1. The van der Waals surface area contributed by atoms with Crippen molar-refractivity contribution in [2.45, 2.75) is 13.0 Å². The molecule has 1 N–H and O–H groups in total. The molecule has 0 spiro atoms. The van der Waals surface area contributed by atoms with Gasteiger partial charge in [0, 0.05) is 10.5 Å². The molecule has 1 atom stereocenters. The smallest absolute Gasteiger partial charge is 0.265 e. The third kappa shape index (κ3) is 4.21. The van der Waals surface area contributed by atoms with E-state index in [-0.39, 0.29) is 5.69 Å². The second-order valence-electron chi connectivity index (χ2n) is 4.55. The molecular weight excluding hydrogens is 353 g/mol. The third-order valence-electron chi connectivity index (χ3n) is 2.91. The van der Waals surface area contributed by atoms with E-state index in [1.807, 2.05) is 0 Å². The summed E-state index contributed by atoms with van der Waals surface area (Å²) in [6, 6.07) is 11.3. The zero-order valence-electron chi connectivity index (χ0n) is 12.1. The van der Waals surface area contributed by atoms with Crippen LogP contribution < -0.4 is 14.8 Å². The lowest BCUT2D eigenvalue weighted by molar-refractivity contribution is -0.122. The Kier molecular flexibility index (Phi) is 5.38. The number of hydrogen-bond acceptors (Lipinski definition) is 3. The predicted octanol–water partition coefficient (Wildman–Crippen LogP) is 4.00. The SMILES string of the molecule is COc1cccc(O[C@H](C)C(=O)Nc2ccc(Br)cc2F)c1. The molecular formula is C16H15BrFNO3. The fourth-order valence-electron chi connectivity index (χ4n) is 1.76. The fraction of sp³-hybridized carbons (Fsp3) is 0.188. The maximum atomic E-state index is 13.7. The maximum absolute atomic E-state index is 13.7. The van der Waals surface area contributed by atoms with E-state index in [1.165, 1.54) is 12.1 Å². The molecule has 0 saturated heterocycles. The number of methoxy groups -OCH3 is 1. The van der Waals surface area contributed by atoms with E-state index < -0.39 is 17.8 Å². The van der Waals surface area contributed by atoms with Crippen LogP contribution in [0.4, 0.5) is 10.1 Å². The van der Waals surface area contributed by atoms with E-state index in [1.54, 1.807) is 44.4 Å². The molecule has 0 fully saturated rings. The average molecular weight is 368 g/mol. The number of amides is 1. The maximum Gasteiger partial charge on any atom is 0.265 e. The molecule has 4 nitrogen and oxygen atoms in total. The molecule has 0 radical (unpaired) electrons. The van der Waals surface area contributed by atoms with Crippen molar-refractivity contribution in [2.24, 2.45) is 0 Å². The second kappa shape index (κ2) is 7.26. The minimum absolute atomic E-state index is 0.106. The summed E-state index contributed by atoms with van der Waals surface area (Å²) in [6.45, 7) is 1.59. The topological polar surface area (TPSA) is 47.6 Å². The van der Waals surface area contributed by atoms with Crippen molar-refractivity contribution in [1.82, 2.24) is 0 Å². The lowest BCUT2D eigenvalue weighted by atomic mass is 10.2. The molecule has 2 aromatic carbocycles. The van der Waals surface area contributed by atoms with E-state index in [4.69, 9.17) is 9.47 Å². The summed E-state index contributed by atoms with van der Waals surface area (Å²) in [5, 5.41) is 2.50. The molecule has 22 heavy (non-hydrogen) atoms. The monoisotopic (exact) mass is 367 g/mol. The van der Waals surface area contributed by atoms with E-state index in [2.05, 4.69) is 21.2 Å². The Bertz CT molecular complexity index is 678. The zero-order valence-corrected chi connectivity index (χ0v) is 13.7. The van der Waals surface area contributed by atoms with Gasteiger partial charge in [0.1, 0.15) is 17.3 Å². The Morgan fingerprint density at radius 1 is 1.23 bits per heavy atom. The molecule has 0 aliphatic carbocycles. The Morgan fingerprint density at radius 2 is 1.95 bits per heavy atom. The van der Waals surface area contributed by atoms with Gasteiger partial charge in [0.05, 0.1) is 12.8 Å². The van der Waals surface area contributed by atoms with Gasteiger partial charge in [0.25, 0.3) is 5.91 Å². The van der Waals surface area contributed by atoms with E-state index in [9.17, 15) is 9.18 Å². The molecule has 0 unspecified atom stereocenters. The van der Waals surface area contributed by atoms with Crippen molar-refractivity contribution in [3.05, 3.63) is 52.8 Å². The van der Waals surface area contributed by atoms with Gasteiger partial charge in [-0.2, -0.15) is 0 Å². The van der Waals surface area contributed by atoms with Crippen molar-refractivity contribution >= 4 is 27.5 Å².